The third-order valence-corrected chi connectivity index (χ3v) is 3.74. The van der Waals surface area contributed by atoms with E-state index in [1.807, 2.05) is 0 Å². The maximum atomic E-state index is 14.5. The van der Waals surface area contributed by atoms with Gasteiger partial charge in [0.25, 0.3) is 5.56 Å². The number of aromatic nitrogens is 2. The van der Waals surface area contributed by atoms with Gasteiger partial charge in [0.2, 0.25) is 5.88 Å². The van der Waals surface area contributed by atoms with Crippen LogP contribution in [0.25, 0.3) is 11.1 Å². The van der Waals surface area contributed by atoms with Crippen LogP contribution in [0.15, 0.2) is 16.9 Å². The van der Waals surface area contributed by atoms with Crippen molar-refractivity contribution in [2.75, 3.05) is 7.11 Å². The first-order valence-corrected chi connectivity index (χ1v) is 6.91. The first kappa shape index (κ1) is 14.3. The molecule has 5 nitrogen and oxygen atoms in total. The fourth-order valence-corrected chi connectivity index (χ4v) is 2.82. The van der Waals surface area contributed by atoms with E-state index in [4.69, 9.17) is 4.74 Å². The highest BCUT2D eigenvalue weighted by Gasteiger charge is 2.28. The number of halogens is 1. The van der Waals surface area contributed by atoms with Gasteiger partial charge in [0.15, 0.2) is 0 Å². The molecule has 0 bridgehead atoms. The molecule has 1 aromatic carbocycles. The molecule has 1 aromatic heterocycles. The molecule has 2 heterocycles. The second kappa shape index (κ2) is 5.26. The van der Waals surface area contributed by atoms with Crippen LogP contribution in [0.3, 0.4) is 0 Å². The Balaban J connectivity index is 2.29. The highest BCUT2D eigenvalue weighted by Crippen LogP contribution is 2.37. The topological polar surface area (TPSA) is 56.4 Å². The summed E-state index contributed by atoms with van der Waals surface area (Å²) in [6, 6.07) is 2.79. The Morgan fingerprint density at radius 1 is 1.27 bits per heavy atom. The number of aromatic hydroxyl groups is 1. The SMILES string of the molecule is CC#Cc1cc(F)c(-c2c(O)n3n(c2=O)CCC3)c(OC)c1. The number of hydrogen-bond acceptors (Lipinski definition) is 3. The van der Waals surface area contributed by atoms with E-state index in [1.165, 1.54) is 22.5 Å². The molecule has 1 N–H and O–H groups in total. The summed E-state index contributed by atoms with van der Waals surface area (Å²) in [6.45, 7) is 2.69. The lowest BCUT2D eigenvalue weighted by Gasteiger charge is -2.09. The van der Waals surface area contributed by atoms with Gasteiger partial charge in [-0.2, -0.15) is 0 Å². The van der Waals surface area contributed by atoms with Crippen LogP contribution in [-0.2, 0) is 13.1 Å². The van der Waals surface area contributed by atoms with Gasteiger partial charge in [-0.3, -0.25) is 9.48 Å². The molecule has 0 fully saturated rings. The minimum Gasteiger partial charge on any atom is -0.496 e. The molecule has 2 aromatic rings. The van der Waals surface area contributed by atoms with Gasteiger partial charge >= 0.3 is 0 Å². The lowest BCUT2D eigenvalue weighted by molar-refractivity contribution is 0.397. The van der Waals surface area contributed by atoms with Crippen LogP contribution in [0.5, 0.6) is 11.6 Å². The number of hydrogen-bond donors (Lipinski definition) is 1. The van der Waals surface area contributed by atoms with Gasteiger partial charge < -0.3 is 9.84 Å². The van der Waals surface area contributed by atoms with Crippen LogP contribution in [0.2, 0.25) is 0 Å². The highest BCUT2D eigenvalue weighted by atomic mass is 19.1. The van der Waals surface area contributed by atoms with E-state index in [-0.39, 0.29) is 22.8 Å². The normalized spacial score (nSPS) is 12.7. The molecule has 6 heteroatoms. The Morgan fingerprint density at radius 2 is 2.00 bits per heavy atom. The van der Waals surface area contributed by atoms with Crippen molar-refractivity contribution in [2.24, 2.45) is 0 Å². The lowest BCUT2D eigenvalue weighted by Crippen LogP contribution is -2.17. The Kier molecular flexibility index (Phi) is 3.41. The van der Waals surface area contributed by atoms with Crippen molar-refractivity contribution in [3.05, 3.63) is 33.9 Å². The molecule has 0 spiro atoms. The maximum Gasteiger partial charge on any atom is 0.278 e. The fraction of sp³-hybridized carbons (Fsp3) is 0.312. The number of nitrogens with zero attached hydrogens (tertiary/aromatic N) is 2. The van der Waals surface area contributed by atoms with Gasteiger partial charge in [-0.15, -0.1) is 5.92 Å². The Bertz CT molecular complexity index is 868. The predicted octanol–water partition coefficient (Wildman–Crippen LogP) is 1.95. The summed E-state index contributed by atoms with van der Waals surface area (Å²) in [5.74, 6) is 4.74. The van der Waals surface area contributed by atoms with Crippen molar-refractivity contribution in [3.63, 3.8) is 0 Å². The van der Waals surface area contributed by atoms with E-state index in [2.05, 4.69) is 11.8 Å². The number of benzene rings is 1. The molecule has 22 heavy (non-hydrogen) atoms. The van der Waals surface area contributed by atoms with Crippen molar-refractivity contribution >= 4 is 0 Å². The molecular weight excluding hydrogens is 287 g/mol. The number of rotatable bonds is 2. The molecule has 0 amide bonds. The zero-order valence-electron chi connectivity index (χ0n) is 12.3. The molecule has 0 saturated heterocycles. The van der Waals surface area contributed by atoms with E-state index < -0.39 is 11.4 Å². The second-order valence-electron chi connectivity index (χ2n) is 5.01. The van der Waals surface area contributed by atoms with Crippen LogP contribution in [0.4, 0.5) is 4.39 Å². The maximum absolute atomic E-state index is 14.5. The van der Waals surface area contributed by atoms with Crippen molar-refractivity contribution < 1.29 is 14.2 Å². The molecule has 0 saturated carbocycles. The van der Waals surface area contributed by atoms with Gasteiger partial charge in [-0.25, -0.2) is 9.07 Å². The quantitative estimate of drug-likeness (QED) is 0.863. The van der Waals surface area contributed by atoms with Crippen LogP contribution >= 0.6 is 0 Å². The monoisotopic (exact) mass is 302 g/mol. The van der Waals surface area contributed by atoms with Crippen molar-refractivity contribution in [3.8, 4) is 34.6 Å². The van der Waals surface area contributed by atoms with E-state index in [0.717, 1.165) is 6.42 Å². The van der Waals surface area contributed by atoms with E-state index in [0.29, 0.717) is 18.7 Å². The third kappa shape index (κ3) is 1.98. The fourth-order valence-electron chi connectivity index (χ4n) is 2.82. The van der Waals surface area contributed by atoms with Gasteiger partial charge in [0, 0.05) is 18.7 Å². The summed E-state index contributed by atoms with van der Waals surface area (Å²) in [6.07, 6.45) is 0.772. The number of ether oxygens (including phenoxy) is 1. The zero-order valence-corrected chi connectivity index (χ0v) is 12.3. The number of fused-ring (bicyclic) bond motifs is 1. The van der Waals surface area contributed by atoms with Gasteiger partial charge in [-0.1, -0.05) is 5.92 Å². The third-order valence-electron chi connectivity index (χ3n) is 3.74. The average Bonchev–Trinajstić information content (AvgIpc) is 3.05. The summed E-state index contributed by atoms with van der Waals surface area (Å²) < 4.78 is 22.6. The minimum atomic E-state index is -0.644. The number of methoxy groups -OCH3 is 1. The molecule has 114 valence electrons. The predicted molar refractivity (Wildman–Crippen MR) is 79.5 cm³/mol. The highest BCUT2D eigenvalue weighted by molar-refractivity contribution is 5.75. The molecular formula is C16H15FN2O3. The molecule has 1 aliphatic rings. The van der Waals surface area contributed by atoms with Gasteiger partial charge in [-0.05, 0) is 25.5 Å². The zero-order chi connectivity index (χ0) is 15.9. The average molecular weight is 302 g/mol. The summed E-state index contributed by atoms with van der Waals surface area (Å²) in [7, 11) is 1.39. The first-order chi connectivity index (χ1) is 10.6. The summed E-state index contributed by atoms with van der Waals surface area (Å²) in [5.41, 5.74) is -0.0559. The van der Waals surface area contributed by atoms with Crippen molar-refractivity contribution in [2.45, 2.75) is 26.4 Å². The Morgan fingerprint density at radius 3 is 2.64 bits per heavy atom. The minimum absolute atomic E-state index is 0.0268. The van der Waals surface area contributed by atoms with Crippen LogP contribution in [0, 0.1) is 17.7 Å². The van der Waals surface area contributed by atoms with E-state index in [1.54, 1.807) is 13.0 Å². The summed E-state index contributed by atoms with van der Waals surface area (Å²) in [5, 5.41) is 10.3. The Labute approximate surface area is 126 Å². The van der Waals surface area contributed by atoms with Gasteiger partial charge in [0.05, 0.1) is 12.7 Å². The lowest BCUT2D eigenvalue weighted by atomic mass is 10.0. The molecule has 0 aliphatic carbocycles. The van der Waals surface area contributed by atoms with Crippen LogP contribution < -0.4 is 10.3 Å². The first-order valence-electron chi connectivity index (χ1n) is 6.91. The largest absolute Gasteiger partial charge is 0.496 e. The van der Waals surface area contributed by atoms with E-state index in [9.17, 15) is 14.3 Å². The van der Waals surface area contributed by atoms with Crippen molar-refractivity contribution in [1.82, 2.24) is 9.36 Å². The Hall–Kier alpha value is -2.68. The van der Waals surface area contributed by atoms with Crippen LogP contribution in [-0.4, -0.2) is 21.6 Å². The molecule has 0 atom stereocenters. The van der Waals surface area contributed by atoms with Crippen LogP contribution in [0.1, 0.15) is 18.9 Å². The molecule has 0 unspecified atom stereocenters. The van der Waals surface area contributed by atoms with Gasteiger partial charge in [0.1, 0.15) is 17.1 Å². The molecule has 3 rings (SSSR count). The van der Waals surface area contributed by atoms with E-state index >= 15 is 0 Å². The molecule has 1 aliphatic heterocycles. The second-order valence-corrected chi connectivity index (χ2v) is 5.01. The summed E-state index contributed by atoms with van der Waals surface area (Å²) in [4.78, 5) is 12.4. The van der Waals surface area contributed by atoms with Crippen molar-refractivity contribution in [1.29, 1.82) is 0 Å². The summed E-state index contributed by atoms with van der Waals surface area (Å²) >= 11 is 0. The molecule has 0 radical (unpaired) electrons. The smallest absolute Gasteiger partial charge is 0.278 e. The standard InChI is InChI=1S/C16H15FN2O3/c1-3-5-10-8-11(17)13(12(9-10)22-2)14-15(20)18-6-4-7-19(18)16(14)21/h8-9,20H,4,6-7H2,1-2H3.